The van der Waals surface area contributed by atoms with Crippen LogP contribution in [0.3, 0.4) is 0 Å². The summed E-state index contributed by atoms with van der Waals surface area (Å²) >= 11 is 3.62. The highest BCUT2D eigenvalue weighted by atomic mass is 79.9. The number of carbonyl (C=O) groups excluding carboxylic acids is 1. The Morgan fingerprint density at radius 3 is 2.05 bits per heavy atom. The van der Waals surface area contributed by atoms with E-state index in [1.807, 2.05) is 23.1 Å². The summed E-state index contributed by atoms with van der Waals surface area (Å²) in [5.74, 6) is 0.543. The maximum Gasteiger partial charge on any atom is 0.254 e. The van der Waals surface area contributed by atoms with Gasteiger partial charge in [-0.2, -0.15) is 0 Å². The lowest BCUT2D eigenvalue weighted by molar-refractivity contribution is 0.0766. The van der Waals surface area contributed by atoms with Gasteiger partial charge >= 0.3 is 0 Å². The summed E-state index contributed by atoms with van der Waals surface area (Å²) in [6, 6.07) is 36.4. The van der Waals surface area contributed by atoms with Gasteiger partial charge in [0, 0.05) is 60.9 Å². The van der Waals surface area contributed by atoms with Gasteiger partial charge in [0.25, 0.3) is 5.91 Å². The van der Waals surface area contributed by atoms with Crippen LogP contribution in [0.1, 0.15) is 45.0 Å². The molecule has 4 aromatic rings. The number of nitrogens with zero attached hydrogens (tertiary/aromatic N) is 3. The molecule has 2 aliphatic heterocycles. The molecule has 0 radical (unpaired) electrons. The number of carbonyl (C=O) groups is 1. The minimum absolute atomic E-state index is 0.133. The van der Waals surface area contributed by atoms with Crippen LogP contribution in [0.25, 0.3) is 0 Å². The normalized spacial score (nSPS) is 15.7. The largest absolute Gasteiger partial charge is 0.369 e. The highest BCUT2D eigenvalue weighted by Gasteiger charge is 2.29. The molecule has 2 aliphatic rings. The van der Waals surface area contributed by atoms with Crippen molar-refractivity contribution in [3.8, 4) is 0 Å². The molecule has 0 aromatic heterocycles. The van der Waals surface area contributed by atoms with E-state index in [4.69, 9.17) is 0 Å². The van der Waals surface area contributed by atoms with Crippen LogP contribution in [-0.2, 0) is 13.1 Å². The third-order valence-electron chi connectivity index (χ3n) is 8.17. The molecule has 1 amide bonds. The zero-order valence-corrected chi connectivity index (χ0v) is 23.8. The van der Waals surface area contributed by atoms with Crippen LogP contribution in [0.2, 0.25) is 0 Å². The topological polar surface area (TPSA) is 26.8 Å². The number of hydrogen-bond acceptors (Lipinski definition) is 3. The summed E-state index contributed by atoms with van der Waals surface area (Å²) in [5.41, 5.74) is 7.06. The van der Waals surface area contributed by atoms with Crippen LogP contribution in [0, 0.1) is 0 Å². The summed E-state index contributed by atoms with van der Waals surface area (Å²) in [6.45, 7) is 6.41. The number of piperazine rings is 1. The molecule has 198 valence electrons. The van der Waals surface area contributed by atoms with Crippen molar-refractivity contribution in [2.45, 2.75) is 25.4 Å². The van der Waals surface area contributed by atoms with E-state index >= 15 is 0 Å². The molecular formula is C34H34BrN3O. The number of rotatable bonds is 8. The van der Waals surface area contributed by atoms with E-state index in [2.05, 4.69) is 111 Å². The van der Waals surface area contributed by atoms with E-state index in [1.54, 1.807) is 0 Å². The Morgan fingerprint density at radius 1 is 0.744 bits per heavy atom. The third kappa shape index (κ3) is 5.80. The molecule has 1 saturated heterocycles. The van der Waals surface area contributed by atoms with Crippen LogP contribution < -0.4 is 4.90 Å². The summed E-state index contributed by atoms with van der Waals surface area (Å²) in [4.78, 5) is 20.2. The van der Waals surface area contributed by atoms with E-state index in [9.17, 15) is 4.79 Å². The van der Waals surface area contributed by atoms with Crippen molar-refractivity contribution in [1.29, 1.82) is 0 Å². The first-order valence-electron chi connectivity index (χ1n) is 13.9. The fraction of sp³-hybridized carbons (Fsp3) is 0.265. The quantitative estimate of drug-likeness (QED) is 0.226. The van der Waals surface area contributed by atoms with Gasteiger partial charge in [0.05, 0.1) is 0 Å². The van der Waals surface area contributed by atoms with Crippen LogP contribution >= 0.6 is 15.9 Å². The van der Waals surface area contributed by atoms with Gasteiger partial charge in [0.15, 0.2) is 0 Å². The lowest BCUT2D eigenvalue weighted by Crippen LogP contribution is -2.46. The Bertz CT molecular complexity index is 1380. The monoisotopic (exact) mass is 579 g/mol. The van der Waals surface area contributed by atoms with Gasteiger partial charge in [-0.15, -0.1) is 0 Å². The molecule has 6 rings (SSSR count). The Kier molecular flexibility index (Phi) is 7.80. The molecule has 1 fully saturated rings. The maximum atomic E-state index is 13.3. The molecule has 4 nitrogen and oxygen atoms in total. The lowest BCUT2D eigenvalue weighted by Gasteiger charge is -2.37. The van der Waals surface area contributed by atoms with E-state index in [0.29, 0.717) is 19.0 Å². The smallest absolute Gasteiger partial charge is 0.254 e. The van der Waals surface area contributed by atoms with Crippen molar-refractivity contribution in [3.63, 3.8) is 0 Å². The zero-order valence-electron chi connectivity index (χ0n) is 22.2. The summed E-state index contributed by atoms with van der Waals surface area (Å²) < 4.78 is 1.05. The van der Waals surface area contributed by atoms with Crippen molar-refractivity contribution >= 4 is 27.5 Å². The highest BCUT2D eigenvalue weighted by molar-refractivity contribution is 9.10. The minimum atomic E-state index is 0.133. The fourth-order valence-electron chi connectivity index (χ4n) is 5.94. The summed E-state index contributed by atoms with van der Waals surface area (Å²) in [5, 5.41) is 0. The average Bonchev–Trinajstić information content (AvgIpc) is 3.30. The first-order valence-corrected chi connectivity index (χ1v) is 14.7. The van der Waals surface area contributed by atoms with Crippen molar-refractivity contribution in [1.82, 2.24) is 9.80 Å². The summed E-state index contributed by atoms with van der Waals surface area (Å²) in [7, 11) is 0. The Hall–Kier alpha value is -3.41. The van der Waals surface area contributed by atoms with Crippen LogP contribution in [-0.4, -0.2) is 48.4 Å². The molecule has 0 atom stereocenters. The van der Waals surface area contributed by atoms with Gasteiger partial charge < -0.3 is 9.80 Å². The predicted octanol–water partition coefficient (Wildman–Crippen LogP) is 6.95. The van der Waals surface area contributed by atoms with E-state index < -0.39 is 0 Å². The standard InChI is InChI=1S/C34H34BrN3O/c35-33-14-8-7-13-29(33)25-38-24-28-15-16-30(23-32(28)34(38)39)37-21-19-36(20-22-37)18-17-31(26-9-3-1-4-10-26)27-11-5-2-6-12-27/h1-16,23,31H,17-22,24-25H2. The Morgan fingerprint density at radius 2 is 1.38 bits per heavy atom. The molecule has 0 aliphatic carbocycles. The predicted molar refractivity (Wildman–Crippen MR) is 162 cm³/mol. The molecular weight excluding hydrogens is 546 g/mol. The number of hydrogen-bond donors (Lipinski definition) is 0. The van der Waals surface area contributed by atoms with E-state index in [0.717, 1.165) is 66.0 Å². The second-order valence-electron chi connectivity index (χ2n) is 10.6. The molecule has 39 heavy (non-hydrogen) atoms. The van der Waals surface area contributed by atoms with Gasteiger partial charge in [0.2, 0.25) is 0 Å². The summed E-state index contributed by atoms with van der Waals surface area (Å²) in [6.07, 6.45) is 1.11. The number of amides is 1. The van der Waals surface area contributed by atoms with Gasteiger partial charge in [-0.05, 0) is 53.4 Å². The minimum Gasteiger partial charge on any atom is -0.369 e. The van der Waals surface area contributed by atoms with Crippen molar-refractivity contribution in [2.75, 3.05) is 37.6 Å². The van der Waals surface area contributed by atoms with E-state index in [-0.39, 0.29) is 5.91 Å². The molecule has 0 unspecified atom stereocenters. The second-order valence-corrected chi connectivity index (χ2v) is 11.4. The molecule has 5 heteroatoms. The van der Waals surface area contributed by atoms with Gasteiger partial charge in [0.1, 0.15) is 0 Å². The molecule has 2 heterocycles. The number of anilines is 1. The molecule has 0 bridgehead atoms. The van der Waals surface area contributed by atoms with Gasteiger partial charge in [-0.25, -0.2) is 0 Å². The van der Waals surface area contributed by atoms with Crippen molar-refractivity contribution in [3.05, 3.63) is 135 Å². The number of fused-ring (bicyclic) bond motifs is 1. The third-order valence-corrected chi connectivity index (χ3v) is 8.94. The SMILES string of the molecule is O=C1c2cc(N3CCN(CCC(c4ccccc4)c4ccccc4)CC3)ccc2CN1Cc1ccccc1Br. The first kappa shape index (κ1) is 25.8. The van der Waals surface area contributed by atoms with Gasteiger partial charge in [-0.1, -0.05) is 101 Å². The number of benzene rings is 4. The van der Waals surface area contributed by atoms with Crippen molar-refractivity contribution < 1.29 is 4.79 Å². The lowest BCUT2D eigenvalue weighted by atomic mass is 9.88. The van der Waals surface area contributed by atoms with Crippen LogP contribution in [0.5, 0.6) is 0 Å². The molecule has 0 saturated carbocycles. The maximum absolute atomic E-state index is 13.3. The van der Waals surface area contributed by atoms with Crippen LogP contribution in [0.15, 0.2) is 108 Å². The Labute approximate surface area is 240 Å². The fourth-order valence-corrected chi connectivity index (χ4v) is 6.35. The highest BCUT2D eigenvalue weighted by Crippen LogP contribution is 2.31. The number of halogens is 1. The van der Waals surface area contributed by atoms with Gasteiger partial charge in [-0.3, -0.25) is 9.69 Å². The molecule has 4 aromatic carbocycles. The molecule has 0 N–H and O–H groups in total. The Balaban J connectivity index is 1.07. The average molecular weight is 581 g/mol. The zero-order chi connectivity index (χ0) is 26.6. The first-order chi connectivity index (χ1) is 19.2. The van der Waals surface area contributed by atoms with Crippen LogP contribution in [0.4, 0.5) is 5.69 Å². The van der Waals surface area contributed by atoms with Crippen molar-refractivity contribution in [2.24, 2.45) is 0 Å². The molecule has 0 spiro atoms. The second kappa shape index (κ2) is 11.8. The van der Waals surface area contributed by atoms with E-state index in [1.165, 1.54) is 11.1 Å².